The van der Waals surface area contributed by atoms with Gasteiger partial charge in [-0.2, -0.15) is 0 Å². The first-order chi connectivity index (χ1) is 6.65. The summed E-state index contributed by atoms with van der Waals surface area (Å²) in [5.41, 5.74) is 3.37. The van der Waals surface area contributed by atoms with E-state index < -0.39 is 0 Å². The van der Waals surface area contributed by atoms with Gasteiger partial charge in [0.25, 0.3) is 0 Å². The summed E-state index contributed by atoms with van der Waals surface area (Å²) in [4.78, 5) is 4.57. The first-order valence-corrected chi connectivity index (χ1v) is 4.97. The molecule has 0 amide bonds. The van der Waals surface area contributed by atoms with Crippen LogP contribution in [0.25, 0.3) is 11.2 Å². The van der Waals surface area contributed by atoms with E-state index >= 15 is 0 Å². The molecule has 2 heterocycles. The summed E-state index contributed by atoms with van der Waals surface area (Å²) < 4.78 is 4.42. The molecule has 3 heteroatoms. The summed E-state index contributed by atoms with van der Waals surface area (Å²) in [6, 6.07) is 4.19. The molecule has 0 aliphatic rings. The minimum atomic E-state index is 0.972. The molecule has 0 aromatic carbocycles. The van der Waals surface area contributed by atoms with E-state index in [0.717, 1.165) is 17.9 Å². The van der Waals surface area contributed by atoms with Crippen molar-refractivity contribution in [2.24, 2.45) is 7.05 Å². The number of pyridine rings is 1. The maximum atomic E-state index is 4.57. The molecule has 0 spiro atoms. The highest BCUT2D eigenvalue weighted by molar-refractivity contribution is 5.67. The van der Waals surface area contributed by atoms with Gasteiger partial charge in [-0.05, 0) is 26.0 Å². The number of fused-ring (bicyclic) bond motifs is 1. The fourth-order valence-corrected chi connectivity index (χ4v) is 1.88. The first-order valence-electron chi connectivity index (χ1n) is 4.97. The smallest absolute Gasteiger partial charge is 0.260 e. The summed E-state index contributed by atoms with van der Waals surface area (Å²) in [5.74, 6) is 1.25. The molecule has 14 heavy (non-hydrogen) atoms. The van der Waals surface area contributed by atoms with Gasteiger partial charge in [-0.1, -0.05) is 0 Å². The number of rotatable bonds is 1. The van der Waals surface area contributed by atoms with Crippen LogP contribution in [0.15, 0.2) is 12.1 Å². The zero-order valence-electron chi connectivity index (χ0n) is 9.20. The number of hydrogen-bond donors (Lipinski definition) is 0. The lowest BCUT2D eigenvalue weighted by atomic mass is 10.3. The number of aromatic nitrogens is 3. The Labute approximate surface area is 84.0 Å². The van der Waals surface area contributed by atoms with E-state index in [4.69, 9.17) is 0 Å². The van der Waals surface area contributed by atoms with Crippen molar-refractivity contribution in [2.45, 2.75) is 27.3 Å². The van der Waals surface area contributed by atoms with Crippen LogP contribution in [-0.2, 0) is 13.6 Å². The molecule has 2 aromatic heterocycles. The molecule has 0 saturated heterocycles. The Hall–Kier alpha value is -1.38. The van der Waals surface area contributed by atoms with Crippen molar-refractivity contribution < 1.29 is 4.57 Å². The van der Waals surface area contributed by atoms with E-state index in [1.54, 1.807) is 0 Å². The van der Waals surface area contributed by atoms with Crippen molar-refractivity contribution >= 4 is 11.2 Å². The molecule has 0 aliphatic carbocycles. The summed E-state index contributed by atoms with van der Waals surface area (Å²) in [6.45, 7) is 7.28. The van der Waals surface area contributed by atoms with Gasteiger partial charge in [-0.3, -0.25) is 4.57 Å². The number of imidazole rings is 1. The average Bonchev–Trinajstić information content (AvgIpc) is 2.39. The zero-order valence-corrected chi connectivity index (χ0v) is 9.20. The highest BCUT2D eigenvalue weighted by Gasteiger charge is 2.17. The Kier molecular flexibility index (Phi) is 2.02. The molecule has 0 aliphatic heterocycles. The maximum absolute atomic E-state index is 4.57. The molecule has 2 rings (SSSR count). The van der Waals surface area contributed by atoms with Gasteiger partial charge in [0, 0.05) is 6.92 Å². The van der Waals surface area contributed by atoms with Crippen LogP contribution in [0.3, 0.4) is 0 Å². The van der Waals surface area contributed by atoms with Gasteiger partial charge in [0.2, 0.25) is 5.82 Å². The Balaban J connectivity index is 2.89. The number of nitrogens with zero attached hydrogens (tertiary/aromatic N) is 3. The van der Waals surface area contributed by atoms with Gasteiger partial charge >= 0.3 is 5.65 Å². The molecule has 0 bridgehead atoms. The van der Waals surface area contributed by atoms with E-state index in [1.165, 1.54) is 11.3 Å². The third kappa shape index (κ3) is 1.12. The topological polar surface area (TPSA) is 21.7 Å². The summed E-state index contributed by atoms with van der Waals surface area (Å²) in [7, 11) is 2.08. The third-order valence-electron chi connectivity index (χ3n) is 2.80. The van der Waals surface area contributed by atoms with E-state index in [1.807, 2.05) is 6.92 Å². The second kappa shape index (κ2) is 3.08. The molecule has 0 saturated carbocycles. The normalized spacial score (nSPS) is 11.1. The Morgan fingerprint density at radius 3 is 2.71 bits per heavy atom. The van der Waals surface area contributed by atoms with Crippen LogP contribution in [0, 0.1) is 13.8 Å². The minimum absolute atomic E-state index is 0.972. The second-order valence-electron chi connectivity index (χ2n) is 3.65. The highest BCUT2D eigenvalue weighted by Crippen LogP contribution is 2.10. The van der Waals surface area contributed by atoms with E-state index in [0.29, 0.717) is 0 Å². The molecule has 0 unspecified atom stereocenters. The van der Waals surface area contributed by atoms with Crippen LogP contribution in [-0.4, -0.2) is 9.55 Å². The van der Waals surface area contributed by atoms with Crippen molar-refractivity contribution in [2.75, 3.05) is 0 Å². The van der Waals surface area contributed by atoms with Crippen molar-refractivity contribution in [3.05, 3.63) is 23.7 Å². The van der Waals surface area contributed by atoms with Gasteiger partial charge in [0.15, 0.2) is 5.52 Å². The van der Waals surface area contributed by atoms with Crippen molar-refractivity contribution in [1.29, 1.82) is 0 Å². The van der Waals surface area contributed by atoms with Gasteiger partial charge in [0.1, 0.15) is 5.69 Å². The van der Waals surface area contributed by atoms with Crippen LogP contribution in [0.2, 0.25) is 0 Å². The van der Waals surface area contributed by atoms with Crippen LogP contribution in [0.1, 0.15) is 18.4 Å². The molecule has 0 N–H and O–H groups in total. The molecule has 3 nitrogen and oxygen atoms in total. The van der Waals surface area contributed by atoms with E-state index in [2.05, 4.69) is 47.1 Å². The molecule has 0 fully saturated rings. The van der Waals surface area contributed by atoms with Crippen molar-refractivity contribution in [3.63, 3.8) is 0 Å². The predicted molar refractivity (Wildman–Crippen MR) is 56.1 cm³/mol. The maximum Gasteiger partial charge on any atom is 0.302 e. The van der Waals surface area contributed by atoms with Crippen LogP contribution < -0.4 is 4.57 Å². The fraction of sp³-hybridized carbons (Fsp3) is 0.455. The monoisotopic (exact) mass is 190 g/mol. The lowest BCUT2D eigenvalue weighted by Gasteiger charge is -1.93. The lowest BCUT2D eigenvalue weighted by Crippen LogP contribution is -2.35. The van der Waals surface area contributed by atoms with E-state index in [-0.39, 0.29) is 0 Å². The third-order valence-corrected chi connectivity index (χ3v) is 2.80. The fourth-order valence-electron chi connectivity index (χ4n) is 1.88. The Morgan fingerprint density at radius 1 is 1.36 bits per heavy atom. The predicted octanol–water partition coefficient (Wildman–Crippen LogP) is 1.50. The Morgan fingerprint density at radius 2 is 2.07 bits per heavy atom. The largest absolute Gasteiger partial charge is 0.302 e. The molecule has 74 valence electrons. The van der Waals surface area contributed by atoms with Crippen LogP contribution in [0.5, 0.6) is 0 Å². The van der Waals surface area contributed by atoms with Crippen LogP contribution in [0.4, 0.5) is 0 Å². The van der Waals surface area contributed by atoms with Crippen molar-refractivity contribution in [1.82, 2.24) is 9.55 Å². The molecule has 0 atom stereocenters. The number of hydrogen-bond acceptors (Lipinski definition) is 1. The van der Waals surface area contributed by atoms with Gasteiger partial charge in [0.05, 0.1) is 13.6 Å². The zero-order chi connectivity index (χ0) is 10.3. The first kappa shape index (κ1) is 9.19. The quantitative estimate of drug-likeness (QED) is 0.624. The lowest BCUT2D eigenvalue weighted by molar-refractivity contribution is -0.676. The SMILES string of the molecule is CC[n+]1c(C)n(C)c2ccc(C)nc21. The number of aryl methyl sites for hydroxylation is 3. The summed E-state index contributed by atoms with van der Waals surface area (Å²) in [6.07, 6.45) is 0. The molecular weight excluding hydrogens is 174 g/mol. The van der Waals surface area contributed by atoms with Crippen molar-refractivity contribution in [3.8, 4) is 0 Å². The minimum Gasteiger partial charge on any atom is -0.260 e. The standard InChI is InChI=1S/C11H16N3/c1-5-14-9(3)13(4)10-7-6-8(2)12-11(10)14/h6-7H,5H2,1-4H3/q+1. The van der Waals surface area contributed by atoms with Gasteiger partial charge < -0.3 is 0 Å². The Bertz CT molecular complexity index is 483. The van der Waals surface area contributed by atoms with Gasteiger partial charge in [-0.15, -0.1) is 4.98 Å². The van der Waals surface area contributed by atoms with E-state index in [9.17, 15) is 0 Å². The molecule has 0 radical (unpaired) electrons. The second-order valence-corrected chi connectivity index (χ2v) is 3.65. The molecular formula is C11H16N3+. The summed E-state index contributed by atoms with van der Waals surface area (Å²) >= 11 is 0. The highest BCUT2D eigenvalue weighted by atomic mass is 15.2. The van der Waals surface area contributed by atoms with Crippen LogP contribution >= 0.6 is 0 Å². The summed E-state index contributed by atoms with van der Waals surface area (Å²) in [5, 5.41) is 0. The van der Waals surface area contributed by atoms with Gasteiger partial charge in [-0.25, -0.2) is 4.57 Å². The molecule has 2 aromatic rings. The average molecular weight is 190 g/mol.